The molecule has 6 N–H and O–H groups in total. The van der Waals surface area contributed by atoms with E-state index in [1.165, 1.54) is 0 Å². The largest absolute Gasteiger partial charge is 0.353 e. The van der Waals surface area contributed by atoms with Crippen molar-refractivity contribution in [2.75, 3.05) is 59.9 Å². The normalized spacial score (nSPS) is 12.5. The van der Waals surface area contributed by atoms with Crippen molar-refractivity contribution < 1.29 is 34.4 Å². The second-order valence-electron chi connectivity index (χ2n) is 5.33. The van der Waals surface area contributed by atoms with Crippen LogP contribution in [-0.4, -0.2) is 93.3 Å². The molecule has 0 atom stereocenters. The van der Waals surface area contributed by atoms with Crippen molar-refractivity contribution in [3.8, 4) is 0 Å². The first-order valence-corrected chi connectivity index (χ1v) is 12.7. The summed E-state index contributed by atoms with van der Waals surface area (Å²) in [6.45, 7) is -0.307. The van der Waals surface area contributed by atoms with Crippen LogP contribution in [0.15, 0.2) is 0 Å². The highest BCUT2D eigenvalue weighted by Gasteiger charge is 2.10. The van der Waals surface area contributed by atoms with Gasteiger partial charge in [-0.1, -0.05) is 0 Å². The molecule has 0 saturated heterocycles. The second-order valence-corrected chi connectivity index (χ2v) is 10.3. The Morgan fingerprint density at radius 2 is 1.04 bits per heavy atom. The van der Waals surface area contributed by atoms with Crippen LogP contribution in [-0.2, 0) is 30.3 Å². The fourth-order valence-corrected chi connectivity index (χ4v) is 2.80. The SMILES string of the molecule is CS(=O)(=O)NCCNc1nc(NCCS(=O)(=O)O)nc(NCCS(=O)(=O)O)n1. The molecule has 0 bridgehead atoms. The Labute approximate surface area is 162 Å². The minimum absolute atomic E-state index is 0.0194. The van der Waals surface area contributed by atoms with Crippen LogP contribution in [0.5, 0.6) is 0 Å². The maximum absolute atomic E-state index is 11.0. The van der Waals surface area contributed by atoms with E-state index < -0.39 is 41.8 Å². The van der Waals surface area contributed by atoms with Gasteiger partial charge in [0.25, 0.3) is 20.2 Å². The maximum Gasteiger partial charge on any atom is 0.266 e. The van der Waals surface area contributed by atoms with E-state index >= 15 is 0 Å². The van der Waals surface area contributed by atoms with Crippen molar-refractivity contribution in [2.24, 2.45) is 0 Å². The van der Waals surface area contributed by atoms with Crippen molar-refractivity contribution in [3.05, 3.63) is 0 Å². The number of sulfonamides is 1. The van der Waals surface area contributed by atoms with Crippen molar-refractivity contribution in [3.63, 3.8) is 0 Å². The summed E-state index contributed by atoms with van der Waals surface area (Å²) in [6, 6.07) is 0. The molecule has 162 valence electrons. The monoisotopic (exact) mass is 463 g/mol. The molecule has 0 unspecified atom stereocenters. The summed E-state index contributed by atoms with van der Waals surface area (Å²) in [6.07, 6.45) is 0.990. The first kappa shape index (κ1) is 24.2. The molecule has 1 heterocycles. The van der Waals surface area contributed by atoms with Crippen molar-refractivity contribution in [1.82, 2.24) is 19.7 Å². The number of anilines is 3. The van der Waals surface area contributed by atoms with Gasteiger partial charge in [-0.05, 0) is 0 Å². The highest BCUT2D eigenvalue weighted by molar-refractivity contribution is 7.88. The Hall–Kier alpha value is -1.86. The molecule has 0 aliphatic heterocycles. The maximum atomic E-state index is 11.0. The van der Waals surface area contributed by atoms with Crippen LogP contribution in [0.25, 0.3) is 0 Å². The lowest BCUT2D eigenvalue weighted by atomic mass is 10.6. The molecule has 28 heavy (non-hydrogen) atoms. The van der Waals surface area contributed by atoms with Crippen LogP contribution >= 0.6 is 0 Å². The molecule has 18 heteroatoms. The van der Waals surface area contributed by atoms with Crippen molar-refractivity contribution in [1.29, 1.82) is 0 Å². The molecule has 0 amide bonds. The van der Waals surface area contributed by atoms with E-state index in [1.807, 2.05) is 0 Å². The van der Waals surface area contributed by atoms with E-state index in [2.05, 4.69) is 35.6 Å². The third kappa shape index (κ3) is 12.5. The Kier molecular flexibility index (Phi) is 8.70. The zero-order valence-electron chi connectivity index (χ0n) is 14.7. The standard InChI is InChI=1S/C10H21N7O8S3/c1-26(18,19)14-3-2-11-8-15-9(12-4-6-27(20,21)22)17-10(16-8)13-5-7-28(23,24)25/h14H,2-7H2,1H3,(H,20,21,22)(H,23,24,25)(H3,11,12,13,15,16,17). The average Bonchev–Trinajstić information content (AvgIpc) is 2.48. The summed E-state index contributed by atoms with van der Waals surface area (Å²) < 4.78 is 84.7. The highest BCUT2D eigenvalue weighted by Crippen LogP contribution is 2.09. The van der Waals surface area contributed by atoms with Crippen LogP contribution in [0.1, 0.15) is 0 Å². The fraction of sp³-hybridized carbons (Fsp3) is 0.700. The van der Waals surface area contributed by atoms with Gasteiger partial charge >= 0.3 is 0 Å². The van der Waals surface area contributed by atoms with Gasteiger partial charge in [0.15, 0.2) is 0 Å². The van der Waals surface area contributed by atoms with E-state index in [0.29, 0.717) is 0 Å². The van der Waals surface area contributed by atoms with Crippen LogP contribution < -0.4 is 20.7 Å². The molecule has 15 nitrogen and oxygen atoms in total. The minimum atomic E-state index is -4.20. The molecular weight excluding hydrogens is 442 g/mol. The molecule has 1 aromatic rings. The zero-order valence-corrected chi connectivity index (χ0v) is 17.1. The summed E-state index contributed by atoms with van der Waals surface area (Å²) in [5, 5.41) is 7.79. The number of rotatable bonds is 13. The quantitative estimate of drug-likeness (QED) is 0.130. The van der Waals surface area contributed by atoms with E-state index in [9.17, 15) is 25.3 Å². The summed E-state index contributed by atoms with van der Waals surface area (Å²) in [4.78, 5) is 11.8. The van der Waals surface area contributed by atoms with Gasteiger partial charge in [-0.15, -0.1) is 0 Å². The molecule has 0 aromatic carbocycles. The predicted octanol–water partition coefficient (Wildman–Crippen LogP) is -2.57. The number of hydrogen-bond donors (Lipinski definition) is 6. The molecular formula is C10H21N7O8S3. The number of nitrogens with zero attached hydrogens (tertiary/aromatic N) is 3. The fourth-order valence-electron chi connectivity index (χ4n) is 1.61. The lowest BCUT2D eigenvalue weighted by molar-refractivity contribution is 0.481. The second kappa shape index (κ2) is 10.1. The van der Waals surface area contributed by atoms with Crippen LogP contribution in [0.3, 0.4) is 0 Å². The van der Waals surface area contributed by atoms with Crippen LogP contribution in [0.2, 0.25) is 0 Å². The highest BCUT2D eigenvalue weighted by atomic mass is 32.2. The molecule has 1 aromatic heterocycles. The molecule has 1 rings (SSSR count). The molecule has 0 radical (unpaired) electrons. The Balaban J connectivity index is 2.80. The van der Waals surface area contributed by atoms with Crippen LogP contribution in [0, 0.1) is 0 Å². The lowest BCUT2D eigenvalue weighted by Crippen LogP contribution is -2.28. The summed E-state index contributed by atoms with van der Waals surface area (Å²) in [5.74, 6) is -1.41. The Bertz CT molecular complexity index is 908. The van der Waals surface area contributed by atoms with Gasteiger partial charge in [0.2, 0.25) is 27.9 Å². The summed E-state index contributed by atoms with van der Waals surface area (Å²) in [7, 11) is -11.8. The zero-order chi connectivity index (χ0) is 21.4. The van der Waals surface area contributed by atoms with Gasteiger partial charge in [-0.3, -0.25) is 9.11 Å². The summed E-state index contributed by atoms with van der Waals surface area (Å²) >= 11 is 0. The van der Waals surface area contributed by atoms with E-state index in [-0.39, 0.29) is 44.0 Å². The van der Waals surface area contributed by atoms with E-state index in [4.69, 9.17) is 9.11 Å². The van der Waals surface area contributed by atoms with Gasteiger partial charge in [0, 0.05) is 26.2 Å². The predicted molar refractivity (Wildman–Crippen MR) is 101 cm³/mol. The Morgan fingerprint density at radius 3 is 1.36 bits per heavy atom. The molecule has 0 aliphatic carbocycles. The number of nitrogens with one attached hydrogen (secondary N) is 4. The Morgan fingerprint density at radius 1 is 0.679 bits per heavy atom. The van der Waals surface area contributed by atoms with E-state index in [1.54, 1.807) is 0 Å². The number of hydrogen-bond acceptors (Lipinski definition) is 12. The first-order chi connectivity index (χ1) is 12.7. The van der Waals surface area contributed by atoms with Crippen LogP contribution in [0.4, 0.5) is 17.8 Å². The van der Waals surface area contributed by atoms with Gasteiger partial charge < -0.3 is 16.0 Å². The van der Waals surface area contributed by atoms with Crippen molar-refractivity contribution >= 4 is 48.1 Å². The average molecular weight is 464 g/mol. The minimum Gasteiger partial charge on any atom is -0.353 e. The first-order valence-electron chi connectivity index (χ1n) is 7.56. The third-order valence-corrected chi connectivity index (χ3v) is 4.86. The summed E-state index contributed by atoms with van der Waals surface area (Å²) in [5.41, 5.74) is 0. The molecule has 0 spiro atoms. The molecule has 0 aliphatic rings. The van der Waals surface area contributed by atoms with E-state index in [0.717, 1.165) is 6.26 Å². The molecule has 0 fully saturated rings. The van der Waals surface area contributed by atoms with Gasteiger partial charge in [-0.2, -0.15) is 31.8 Å². The van der Waals surface area contributed by atoms with Crippen molar-refractivity contribution in [2.45, 2.75) is 0 Å². The van der Waals surface area contributed by atoms with Gasteiger partial charge in [-0.25, -0.2) is 13.1 Å². The number of aromatic nitrogens is 3. The van der Waals surface area contributed by atoms with Gasteiger partial charge in [0.1, 0.15) is 0 Å². The smallest absolute Gasteiger partial charge is 0.266 e. The molecule has 0 saturated carbocycles. The third-order valence-electron chi connectivity index (χ3n) is 2.69. The van der Waals surface area contributed by atoms with Gasteiger partial charge in [0.05, 0.1) is 17.8 Å². The topological polar surface area (TPSA) is 230 Å². The lowest BCUT2D eigenvalue weighted by Gasteiger charge is -2.11.